The molecule has 2 aromatic carbocycles. The van der Waals surface area contributed by atoms with Gasteiger partial charge in [-0.3, -0.25) is 9.97 Å². The minimum Gasteiger partial charge on any atom is -0.457 e. The predicted octanol–water partition coefficient (Wildman–Crippen LogP) is 6.60. The van der Waals surface area contributed by atoms with E-state index in [0.29, 0.717) is 11.7 Å². The average molecular weight is 518 g/mol. The van der Waals surface area contributed by atoms with Gasteiger partial charge in [0.1, 0.15) is 17.5 Å². The van der Waals surface area contributed by atoms with Crippen LogP contribution < -0.4 is 15.0 Å². The van der Waals surface area contributed by atoms with E-state index in [-0.39, 0.29) is 12.1 Å². The van der Waals surface area contributed by atoms with Gasteiger partial charge < -0.3 is 19.5 Å². The maximum Gasteiger partial charge on any atom is 0.174 e. The Labute approximate surface area is 227 Å². The van der Waals surface area contributed by atoms with Crippen LogP contribution >= 0.6 is 12.2 Å². The van der Waals surface area contributed by atoms with Crippen LogP contribution in [0, 0.1) is 6.92 Å². The highest BCUT2D eigenvalue weighted by molar-refractivity contribution is 7.80. The van der Waals surface area contributed by atoms with E-state index in [2.05, 4.69) is 68.2 Å². The van der Waals surface area contributed by atoms with Crippen molar-refractivity contribution in [3.05, 3.63) is 138 Å². The highest BCUT2D eigenvalue weighted by atomic mass is 32.1. The van der Waals surface area contributed by atoms with Crippen LogP contribution in [0.15, 0.2) is 116 Å². The molecule has 1 saturated heterocycles. The van der Waals surface area contributed by atoms with Crippen molar-refractivity contribution in [2.45, 2.75) is 25.6 Å². The predicted molar refractivity (Wildman–Crippen MR) is 153 cm³/mol. The maximum atomic E-state index is 6.07. The largest absolute Gasteiger partial charge is 0.457 e. The van der Waals surface area contributed by atoms with Gasteiger partial charge in [0.2, 0.25) is 0 Å². The summed E-state index contributed by atoms with van der Waals surface area (Å²) in [6, 6.07) is 30.2. The van der Waals surface area contributed by atoms with Crippen LogP contribution in [-0.4, -0.2) is 19.6 Å². The van der Waals surface area contributed by atoms with E-state index in [0.717, 1.165) is 34.1 Å². The Hall–Kier alpha value is -4.49. The molecule has 1 fully saturated rings. The molecule has 1 aliphatic rings. The zero-order valence-electron chi connectivity index (χ0n) is 20.9. The highest BCUT2D eigenvalue weighted by Crippen LogP contribution is 2.42. The lowest BCUT2D eigenvalue weighted by Crippen LogP contribution is -2.30. The molecule has 7 heteroatoms. The number of nitrogens with one attached hydrogen (secondary N) is 1. The van der Waals surface area contributed by atoms with Gasteiger partial charge in [-0.15, -0.1) is 0 Å². The van der Waals surface area contributed by atoms with Crippen LogP contribution in [0.2, 0.25) is 0 Å². The van der Waals surface area contributed by atoms with Gasteiger partial charge in [0.15, 0.2) is 5.11 Å². The van der Waals surface area contributed by atoms with Crippen LogP contribution in [-0.2, 0) is 6.54 Å². The summed E-state index contributed by atoms with van der Waals surface area (Å²) < 4.78 is 8.32. The van der Waals surface area contributed by atoms with E-state index in [1.807, 2.05) is 73.1 Å². The molecule has 0 spiro atoms. The van der Waals surface area contributed by atoms with Crippen molar-refractivity contribution in [2.75, 3.05) is 4.90 Å². The number of ether oxygens (including phenoxy) is 1. The molecule has 1 N–H and O–H groups in total. The molecule has 2 atom stereocenters. The third-order valence-corrected chi connectivity index (χ3v) is 7.03. The molecule has 0 aliphatic carbocycles. The van der Waals surface area contributed by atoms with Crippen molar-refractivity contribution in [1.29, 1.82) is 0 Å². The molecule has 3 aromatic heterocycles. The van der Waals surface area contributed by atoms with Gasteiger partial charge in [-0.1, -0.05) is 29.8 Å². The van der Waals surface area contributed by atoms with E-state index in [1.165, 1.54) is 5.56 Å². The third-order valence-electron chi connectivity index (χ3n) is 6.71. The second-order valence-electron chi connectivity index (χ2n) is 9.33. The fourth-order valence-electron chi connectivity index (χ4n) is 4.88. The number of aryl methyl sites for hydroxylation is 1. The number of hydrogen-bond donors (Lipinski definition) is 1. The Morgan fingerprint density at radius 3 is 2.37 bits per heavy atom. The molecule has 0 amide bonds. The van der Waals surface area contributed by atoms with Crippen molar-refractivity contribution in [1.82, 2.24) is 19.9 Å². The van der Waals surface area contributed by atoms with Gasteiger partial charge in [0, 0.05) is 42.7 Å². The summed E-state index contributed by atoms with van der Waals surface area (Å²) in [7, 11) is 0. The van der Waals surface area contributed by atoms with Crippen molar-refractivity contribution in [3.8, 4) is 11.5 Å². The molecule has 0 radical (unpaired) electrons. The monoisotopic (exact) mass is 517 g/mol. The van der Waals surface area contributed by atoms with Gasteiger partial charge >= 0.3 is 0 Å². The Kier molecular flexibility index (Phi) is 6.58. The smallest absolute Gasteiger partial charge is 0.174 e. The van der Waals surface area contributed by atoms with Crippen molar-refractivity contribution in [2.24, 2.45) is 0 Å². The fourth-order valence-corrected chi connectivity index (χ4v) is 5.22. The Bertz CT molecular complexity index is 1520. The lowest BCUT2D eigenvalue weighted by atomic mass is 10.0. The summed E-state index contributed by atoms with van der Waals surface area (Å²) in [4.78, 5) is 11.1. The third kappa shape index (κ3) is 4.88. The number of anilines is 1. The van der Waals surface area contributed by atoms with E-state index in [9.17, 15) is 0 Å². The summed E-state index contributed by atoms with van der Waals surface area (Å²) in [5.74, 6) is 1.58. The van der Waals surface area contributed by atoms with Gasteiger partial charge in [-0.25, -0.2) is 0 Å². The first-order valence-corrected chi connectivity index (χ1v) is 13.0. The maximum absolute atomic E-state index is 6.07. The minimum atomic E-state index is -0.116. The van der Waals surface area contributed by atoms with Gasteiger partial charge in [0.05, 0.1) is 11.7 Å². The number of pyridine rings is 2. The first kappa shape index (κ1) is 23.9. The average Bonchev–Trinajstić information content (AvgIpc) is 3.55. The number of nitrogens with zero attached hydrogens (tertiary/aromatic N) is 4. The Morgan fingerprint density at radius 1 is 0.868 bits per heavy atom. The summed E-state index contributed by atoms with van der Waals surface area (Å²) >= 11 is 5.91. The molecule has 6 rings (SSSR count). The van der Waals surface area contributed by atoms with Gasteiger partial charge in [-0.2, -0.15) is 0 Å². The van der Waals surface area contributed by atoms with E-state index >= 15 is 0 Å². The first-order valence-electron chi connectivity index (χ1n) is 12.5. The van der Waals surface area contributed by atoms with E-state index in [4.69, 9.17) is 17.0 Å². The van der Waals surface area contributed by atoms with Crippen LogP contribution in [0.3, 0.4) is 0 Å². The summed E-state index contributed by atoms with van der Waals surface area (Å²) in [6.45, 7) is 2.78. The minimum absolute atomic E-state index is 0.104. The number of hydrogen-bond acceptors (Lipinski definition) is 4. The summed E-state index contributed by atoms with van der Waals surface area (Å²) in [5.41, 5.74) is 5.39. The number of benzene rings is 2. The Morgan fingerprint density at radius 2 is 1.66 bits per heavy atom. The lowest BCUT2D eigenvalue weighted by Gasteiger charge is -2.29. The molecule has 38 heavy (non-hydrogen) atoms. The van der Waals surface area contributed by atoms with Crippen molar-refractivity contribution < 1.29 is 4.74 Å². The topological polar surface area (TPSA) is 55.2 Å². The van der Waals surface area contributed by atoms with Crippen LogP contribution in [0.25, 0.3) is 0 Å². The Balaban J connectivity index is 1.35. The van der Waals surface area contributed by atoms with E-state index < -0.39 is 0 Å². The molecular weight excluding hydrogens is 490 g/mol. The van der Waals surface area contributed by atoms with Crippen molar-refractivity contribution in [3.63, 3.8) is 0 Å². The van der Waals surface area contributed by atoms with Crippen molar-refractivity contribution >= 4 is 23.0 Å². The number of rotatable bonds is 7. The quantitative estimate of drug-likeness (QED) is 0.245. The molecule has 188 valence electrons. The molecular formula is C31H27N5OS. The molecule has 0 unspecified atom stereocenters. The van der Waals surface area contributed by atoms with Crippen LogP contribution in [0.5, 0.6) is 11.5 Å². The second-order valence-corrected chi connectivity index (χ2v) is 9.71. The van der Waals surface area contributed by atoms with E-state index in [1.54, 1.807) is 6.20 Å². The highest BCUT2D eigenvalue weighted by Gasteiger charge is 2.42. The number of aromatic nitrogens is 3. The fraction of sp³-hybridized carbons (Fsp3) is 0.129. The zero-order chi connectivity index (χ0) is 25.9. The second kappa shape index (κ2) is 10.5. The molecule has 1 aliphatic heterocycles. The van der Waals surface area contributed by atoms with Gasteiger partial charge in [0.25, 0.3) is 0 Å². The van der Waals surface area contributed by atoms with Crippen LogP contribution in [0.4, 0.5) is 5.69 Å². The summed E-state index contributed by atoms with van der Waals surface area (Å²) in [5, 5.41) is 4.21. The molecule has 6 nitrogen and oxygen atoms in total. The van der Waals surface area contributed by atoms with Crippen LogP contribution in [0.1, 0.15) is 34.6 Å². The molecule has 0 saturated carbocycles. The lowest BCUT2D eigenvalue weighted by molar-refractivity contribution is 0.482. The van der Waals surface area contributed by atoms with Gasteiger partial charge in [-0.05, 0) is 91.4 Å². The normalized spacial score (nSPS) is 16.9. The number of thiocarbonyl (C=S) groups is 1. The molecule has 0 bridgehead atoms. The standard InChI is InChI=1S/C31H27N5OS/c1-22-9-13-25(14-10-22)37-26-15-11-24(12-16-26)36-30(29(34-31(36)38)27-7-2-3-18-33-27)28-8-5-19-35(28)21-23-6-4-17-32-20-23/h2-20,29-30H,21H2,1H3,(H,34,38)/t29-,30+/m1/s1. The molecule has 5 aromatic rings. The molecule has 4 heterocycles. The summed E-state index contributed by atoms with van der Waals surface area (Å²) in [6.07, 6.45) is 7.63. The first-order chi connectivity index (χ1) is 18.7. The zero-order valence-corrected chi connectivity index (χ0v) is 21.8. The SMILES string of the molecule is Cc1ccc(Oc2ccc(N3C(=S)N[C@H](c4ccccn4)[C@@H]3c3cccn3Cc3cccnc3)cc2)cc1.